The molecule has 0 saturated heterocycles. The lowest BCUT2D eigenvalue weighted by Gasteiger charge is -1.91. The van der Waals surface area contributed by atoms with Gasteiger partial charge in [-0.3, -0.25) is 9.78 Å². The Morgan fingerprint density at radius 2 is 2.40 bits per heavy atom. The van der Waals surface area contributed by atoms with Gasteiger partial charge < -0.3 is 0 Å². The van der Waals surface area contributed by atoms with Gasteiger partial charge in [-0.2, -0.15) is 0 Å². The molecule has 0 N–H and O–H groups in total. The second-order valence-corrected chi connectivity index (χ2v) is 2.36. The molecule has 0 amide bonds. The molecule has 3 nitrogen and oxygen atoms in total. The summed E-state index contributed by atoms with van der Waals surface area (Å²) in [7, 11) is 0. The van der Waals surface area contributed by atoms with Gasteiger partial charge in [0.05, 0.1) is 6.20 Å². The number of rotatable bonds is 1. The molecule has 10 heavy (non-hydrogen) atoms. The fourth-order valence-corrected chi connectivity index (χ4v) is 0.824. The minimum atomic E-state index is -0.0481. The van der Waals surface area contributed by atoms with Crippen molar-refractivity contribution in [2.45, 2.75) is 0 Å². The van der Waals surface area contributed by atoms with E-state index in [1.165, 1.54) is 18.6 Å². The highest BCUT2D eigenvalue weighted by Gasteiger charge is 2.02. The molecule has 0 aliphatic rings. The smallest absolute Gasteiger partial charge is 0.239 e. The van der Waals surface area contributed by atoms with Crippen molar-refractivity contribution in [1.82, 2.24) is 9.97 Å². The fourth-order valence-electron chi connectivity index (χ4n) is 0.509. The molecule has 1 rings (SSSR count). The Hall–Kier alpha value is -0.900. The van der Waals surface area contributed by atoms with Crippen molar-refractivity contribution < 1.29 is 4.79 Å². The molecule has 0 saturated carbocycles. The molecule has 0 bridgehead atoms. The molecule has 1 aromatic heterocycles. The summed E-state index contributed by atoms with van der Waals surface area (Å²) in [4.78, 5) is 18.4. The van der Waals surface area contributed by atoms with Crippen molar-refractivity contribution in [2.24, 2.45) is 0 Å². The third kappa shape index (κ3) is 1.54. The van der Waals surface area contributed by atoms with Gasteiger partial charge in [-0.05, 0) is 6.26 Å². The quantitative estimate of drug-likeness (QED) is 0.604. The van der Waals surface area contributed by atoms with Crippen LogP contribution in [0, 0.1) is 0 Å². The summed E-state index contributed by atoms with van der Waals surface area (Å²) < 4.78 is 0. The molecule has 52 valence electrons. The van der Waals surface area contributed by atoms with Crippen LogP contribution in [0.3, 0.4) is 0 Å². The average molecular weight is 154 g/mol. The normalized spacial score (nSPS) is 9.30. The SMILES string of the molecule is CSC(=O)c1cnccn1. The summed E-state index contributed by atoms with van der Waals surface area (Å²) in [6, 6.07) is 0. The number of hydrogen-bond donors (Lipinski definition) is 0. The summed E-state index contributed by atoms with van der Waals surface area (Å²) in [5.74, 6) is 0. The number of carbonyl (C=O) groups excluding carboxylic acids is 1. The number of carbonyl (C=O) groups is 1. The second-order valence-electron chi connectivity index (χ2n) is 1.58. The minimum Gasteiger partial charge on any atom is -0.280 e. The first-order valence-corrected chi connectivity index (χ1v) is 3.91. The van der Waals surface area contributed by atoms with Gasteiger partial charge in [0, 0.05) is 12.4 Å². The van der Waals surface area contributed by atoms with E-state index in [0.717, 1.165) is 11.8 Å². The Bertz CT molecular complexity index is 224. The van der Waals surface area contributed by atoms with Crippen molar-refractivity contribution in [3.63, 3.8) is 0 Å². The van der Waals surface area contributed by atoms with Gasteiger partial charge in [0.25, 0.3) is 0 Å². The summed E-state index contributed by atoms with van der Waals surface area (Å²) in [6.45, 7) is 0. The van der Waals surface area contributed by atoms with Gasteiger partial charge in [-0.15, -0.1) is 0 Å². The van der Waals surface area contributed by atoms with Crippen LogP contribution in [0.1, 0.15) is 10.5 Å². The maximum Gasteiger partial charge on any atom is 0.239 e. The predicted molar refractivity (Wildman–Crippen MR) is 39.9 cm³/mol. The van der Waals surface area contributed by atoms with Crippen molar-refractivity contribution in [2.75, 3.05) is 6.26 Å². The Kier molecular flexibility index (Phi) is 2.39. The van der Waals surface area contributed by atoms with Gasteiger partial charge in [-0.25, -0.2) is 4.98 Å². The lowest BCUT2D eigenvalue weighted by molar-refractivity contribution is 0.108. The van der Waals surface area contributed by atoms with Crippen LogP contribution in [-0.2, 0) is 0 Å². The van der Waals surface area contributed by atoms with E-state index in [-0.39, 0.29) is 5.12 Å². The molecule has 1 heterocycles. The maximum absolute atomic E-state index is 10.9. The lowest BCUT2D eigenvalue weighted by atomic mass is 10.5. The van der Waals surface area contributed by atoms with E-state index in [4.69, 9.17) is 0 Å². The van der Waals surface area contributed by atoms with Crippen LogP contribution in [0.5, 0.6) is 0 Å². The number of nitrogens with zero attached hydrogens (tertiary/aromatic N) is 2. The zero-order chi connectivity index (χ0) is 7.40. The van der Waals surface area contributed by atoms with Gasteiger partial charge in [0.2, 0.25) is 5.12 Å². The largest absolute Gasteiger partial charge is 0.280 e. The van der Waals surface area contributed by atoms with Crippen LogP contribution in [0.15, 0.2) is 18.6 Å². The standard InChI is InChI=1S/C6H6N2OS/c1-10-6(9)5-4-7-2-3-8-5/h2-4H,1H3. The zero-order valence-corrected chi connectivity index (χ0v) is 6.26. The average Bonchev–Trinajstić information content (AvgIpc) is 2.05. The molecule has 4 heteroatoms. The van der Waals surface area contributed by atoms with Crippen LogP contribution >= 0.6 is 11.8 Å². The molecule has 0 radical (unpaired) electrons. The van der Waals surface area contributed by atoms with E-state index in [2.05, 4.69) is 9.97 Å². The maximum atomic E-state index is 10.9. The summed E-state index contributed by atoms with van der Waals surface area (Å²) in [5, 5.41) is -0.0481. The molecule has 0 aromatic carbocycles. The van der Waals surface area contributed by atoms with E-state index in [0.29, 0.717) is 5.69 Å². The first-order chi connectivity index (χ1) is 4.84. The molecule has 0 unspecified atom stereocenters. The first-order valence-electron chi connectivity index (χ1n) is 2.69. The summed E-state index contributed by atoms with van der Waals surface area (Å²) >= 11 is 1.14. The second kappa shape index (κ2) is 3.31. The molecule has 0 spiro atoms. The van der Waals surface area contributed by atoms with Crippen molar-refractivity contribution in [1.29, 1.82) is 0 Å². The third-order valence-electron chi connectivity index (χ3n) is 0.958. The Morgan fingerprint density at radius 3 is 2.90 bits per heavy atom. The number of thioether (sulfide) groups is 1. The molecular weight excluding hydrogens is 148 g/mol. The predicted octanol–water partition coefficient (Wildman–Crippen LogP) is 0.980. The van der Waals surface area contributed by atoms with E-state index < -0.39 is 0 Å². The van der Waals surface area contributed by atoms with Crippen LogP contribution in [0.2, 0.25) is 0 Å². The van der Waals surface area contributed by atoms with Crippen LogP contribution in [0.25, 0.3) is 0 Å². The van der Waals surface area contributed by atoms with E-state index >= 15 is 0 Å². The Morgan fingerprint density at radius 1 is 1.60 bits per heavy atom. The lowest BCUT2D eigenvalue weighted by Crippen LogP contribution is -1.95. The first kappa shape index (κ1) is 7.21. The molecule has 1 aromatic rings. The van der Waals surface area contributed by atoms with Gasteiger partial charge in [-0.1, -0.05) is 11.8 Å². The molecule has 0 fully saturated rings. The topological polar surface area (TPSA) is 42.9 Å². The highest BCUT2D eigenvalue weighted by molar-refractivity contribution is 8.13. The van der Waals surface area contributed by atoms with Gasteiger partial charge in [0.1, 0.15) is 5.69 Å². The Balaban J connectivity index is 2.85. The van der Waals surface area contributed by atoms with E-state index in [1.54, 1.807) is 6.26 Å². The van der Waals surface area contributed by atoms with Crippen molar-refractivity contribution >= 4 is 16.9 Å². The zero-order valence-electron chi connectivity index (χ0n) is 5.44. The van der Waals surface area contributed by atoms with E-state index in [1.807, 2.05) is 0 Å². The molecular formula is C6H6N2OS. The monoisotopic (exact) mass is 154 g/mol. The van der Waals surface area contributed by atoms with Crippen LogP contribution < -0.4 is 0 Å². The Labute approximate surface area is 62.9 Å². The third-order valence-corrected chi connectivity index (χ3v) is 1.54. The van der Waals surface area contributed by atoms with Crippen LogP contribution in [-0.4, -0.2) is 21.3 Å². The van der Waals surface area contributed by atoms with Crippen molar-refractivity contribution in [3.05, 3.63) is 24.3 Å². The van der Waals surface area contributed by atoms with Gasteiger partial charge >= 0.3 is 0 Å². The number of hydrogen-bond acceptors (Lipinski definition) is 4. The van der Waals surface area contributed by atoms with Gasteiger partial charge in [0.15, 0.2) is 0 Å². The summed E-state index contributed by atoms with van der Waals surface area (Å²) in [5.41, 5.74) is 0.412. The number of aromatic nitrogens is 2. The molecule has 0 atom stereocenters. The highest BCUT2D eigenvalue weighted by atomic mass is 32.2. The highest BCUT2D eigenvalue weighted by Crippen LogP contribution is 2.03. The summed E-state index contributed by atoms with van der Waals surface area (Å²) in [6.07, 6.45) is 6.22. The minimum absolute atomic E-state index is 0.0481. The molecule has 0 aliphatic heterocycles. The van der Waals surface area contributed by atoms with E-state index in [9.17, 15) is 4.79 Å². The van der Waals surface area contributed by atoms with Crippen molar-refractivity contribution in [3.8, 4) is 0 Å². The fraction of sp³-hybridized carbons (Fsp3) is 0.167. The van der Waals surface area contributed by atoms with Crippen LogP contribution in [0.4, 0.5) is 0 Å². The molecule has 0 aliphatic carbocycles.